The van der Waals surface area contributed by atoms with E-state index < -0.39 is 5.97 Å². The van der Waals surface area contributed by atoms with Gasteiger partial charge in [0.15, 0.2) is 0 Å². The molecule has 21 heavy (non-hydrogen) atoms. The Bertz CT molecular complexity index is 669. The lowest BCUT2D eigenvalue weighted by Crippen LogP contribution is -2.31. The molecule has 0 atom stereocenters. The first-order valence-corrected chi connectivity index (χ1v) is 7.42. The summed E-state index contributed by atoms with van der Waals surface area (Å²) in [4.78, 5) is 13.5. The van der Waals surface area contributed by atoms with Gasteiger partial charge in [-0.25, -0.2) is 4.79 Å². The molecule has 0 bridgehead atoms. The first-order chi connectivity index (χ1) is 10.0. The second-order valence-corrected chi connectivity index (χ2v) is 6.06. The van der Waals surface area contributed by atoms with Gasteiger partial charge in [0.1, 0.15) is 0 Å². The van der Waals surface area contributed by atoms with Gasteiger partial charge in [-0.3, -0.25) is 4.68 Å². The van der Waals surface area contributed by atoms with E-state index in [1.807, 2.05) is 17.8 Å². The fourth-order valence-corrected chi connectivity index (χ4v) is 3.16. The molecule has 1 aromatic heterocycles. The van der Waals surface area contributed by atoms with Crippen LogP contribution in [0, 0.1) is 5.92 Å². The van der Waals surface area contributed by atoms with Crippen LogP contribution in [0.15, 0.2) is 18.2 Å². The summed E-state index contributed by atoms with van der Waals surface area (Å²) < 4.78 is 1.85. The first kappa shape index (κ1) is 14.1. The SMILES string of the molecule is CN1CCC(Cc2nn(C)c3ccc(C(=O)O)cc23)CC1. The molecular weight excluding hydrogens is 266 g/mol. The average Bonchev–Trinajstić information content (AvgIpc) is 2.77. The van der Waals surface area contributed by atoms with Crippen LogP contribution in [0.5, 0.6) is 0 Å². The number of likely N-dealkylation sites (tertiary alicyclic amines) is 1. The summed E-state index contributed by atoms with van der Waals surface area (Å²) in [5.74, 6) is -0.237. The Hall–Kier alpha value is -1.88. The lowest BCUT2D eigenvalue weighted by molar-refractivity contribution is 0.0697. The zero-order valence-corrected chi connectivity index (χ0v) is 12.5. The highest BCUT2D eigenvalue weighted by atomic mass is 16.4. The van der Waals surface area contributed by atoms with Crippen molar-refractivity contribution < 1.29 is 9.90 Å². The van der Waals surface area contributed by atoms with Crippen LogP contribution in [0.3, 0.4) is 0 Å². The number of benzene rings is 1. The van der Waals surface area contributed by atoms with Gasteiger partial charge in [-0.1, -0.05) is 0 Å². The quantitative estimate of drug-likeness (QED) is 0.940. The largest absolute Gasteiger partial charge is 0.478 e. The molecule has 3 rings (SSSR count). The third-order valence-corrected chi connectivity index (χ3v) is 4.49. The highest BCUT2D eigenvalue weighted by Crippen LogP contribution is 2.26. The van der Waals surface area contributed by atoms with Crippen molar-refractivity contribution in [2.75, 3.05) is 20.1 Å². The van der Waals surface area contributed by atoms with E-state index in [1.54, 1.807) is 12.1 Å². The van der Waals surface area contributed by atoms with Crippen LogP contribution in [-0.2, 0) is 13.5 Å². The van der Waals surface area contributed by atoms with Crippen molar-refractivity contribution in [1.29, 1.82) is 0 Å². The predicted octanol–water partition coefficient (Wildman–Crippen LogP) is 2.16. The molecule has 0 amide bonds. The fourth-order valence-electron chi connectivity index (χ4n) is 3.16. The molecule has 1 aliphatic heterocycles. The zero-order chi connectivity index (χ0) is 15.0. The van der Waals surface area contributed by atoms with Crippen LogP contribution in [0.1, 0.15) is 28.9 Å². The maximum Gasteiger partial charge on any atom is 0.335 e. The van der Waals surface area contributed by atoms with E-state index >= 15 is 0 Å². The van der Waals surface area contributed by atoms with Crippen LogP contribution in [-0.4, -0.2) is 45.9 Å². The average molecular weight is 287 g/mol. The molecule has 1 aromatic carbocycles. The Morgan fingerprint density at radius 3 is 2.71 bits per heavy atom. The Balaban J connectivity index is 1.90. The third-order valence-electron chi connectivity index (χ3n) is 4.49. The minimum atomic E-state index is -0.883. The number of aromatic nitrogens is 2. The number of hydrogen-bond acceptors (Lipinski definition) is 3. The van der Waals surface area contributed by atoms with E-state index in [9.17, 15) is 4.79 Å². The van der Waals surface area contributed by atoms with Gasteiger partial charge >= 0.3 is 5.97 Å². The van der Waals surface area contributed by atoms with Crippen molar-refractivity contribution in [3.63, 3.8) is 0 Å². The Labute approximate surface area is 124 Å². The second-order valence-electron chi connectivity index (χ2n) is 6.06. The van der Waals surface area contributed by atoms with Gasteiger partial charge in [0, 0.05) is 12.4 Å². The number of carbonyl (C=O) groups is 1. The normalized spacial score (nSPS) is 17.4. The van der Waals surface area contributed by atoms with E-state index in [-0.39, 0.29) is 0 Å². The third kappa shape index (κ3) is 2.78. The molecule has 5 heteroatoms. The maximum absolute atomic E-state index is 11.2. The van der Waals surface area contributed by atoms with Gasteiger partial charge in [-0.2, -0.15) is 5.10 Å². The lowest BCUT2D eigenvalue weighted by atomic mass is 9.91. The minimum absolute atomic E-state index is 0.333. The molecule has 2 heterocycles. The summed E-state index contributed by atoms with van der Waals surface area (Å²) >= 11 is 0. The number of piperidine rings is 1. The van der Waals surface area contributed by atoms with Crippen molar-refractivity contribution in [3.8, 4) is 0 Å². The fraction of sp³-hybridized carbons (Fsp3) is 0.500. The molecule has 1 aliphatic rings. The molecule has 0 saturated carbocycles. The predicted molar refractivity (Wildman–Crippen MR) is 81.6 cm³/mol. The van der Waals surface area contributed by atoms with E-state index in [4.69, 9.17) is 5.11 Å². The molecule has 1 saturated heterocycles. The van der Waals surface area contributed by atoms with Crippen molar-refractivity contribution in [1.82, 2.24) is 14.7 Å². The summed E-state index contributed by atoms with van der Waals surface area (Å²) in [5, 5.41) is 14.8. The van der Waals surface area contributed by atoms with Gasteiger partial charge in [-0.15, -0.1) is 0 Å². The summed E-state index contributed by atoms with van der Waals surface area (Å²) in [6.45, 7) is 2.27. The Morgan fingerprint density at radius 1 is 1.33 bits per heavy atom. The molecule has 2 aromatic rings. The van der Waals surface area contributed by atoms with Crippen LogP contribution < -0.4 is 0 Å². The number of rotatable bonds is 3. The monoisotopic (exact) mass is 287 g/mol. The highest BCUT2D eigenvalue weighted by Gasteiger charge is 2.20. The second kappa shape index (κ2) is 5.48. The molecule has 5 nitrogen and oxygen atoms in total. The van der Waals surface area contributed by atoms with Crippen LogP contribution in [0.2, 0.25) is 0 Å². The first-order valence-electron chi connectivity index (χ1n) is 7.42. The van der Waals surface area contributed by atoms with Gasteiger partial charge in [0.25, 0.3) is 0 Å². The summed E-state index contributed by atoms with van der Waals surface area (Å²) in [6, 6.07) is 5.25. The molecular formula is C16H21N3O2. The van der Waals surface area contributed by atoms with Gasteiger partial charge < -0.3 is 10.0 Å². The Kier molecular flexibility index (Phi) is 3.68. The van der Waals surface area contributed by atoms with E-state index in [0.717, 1.165) is 36.1 Å². The smallest absolute Gasteiger partial charge is 0.335 e. The standard InChI is InChI=1S/C16H21N3O2/c1-18-7-5-11(6-8-18)9-14-13-10-12(16(20)21)3-4-15(13)19(2)17-14/h3-4,10-11H,5-9H2,1-2H3,(H,20,21). The molecule has 1 N–H and O–H groups in total. The summed E-state index contributed by atoms with van der Waals surface area (Å²) in [5.41, 5.74) is 2.37. The lowest BCUT2D eigenvalue weighted by Gasteiger charge is -2.28. The van der Waals surface area contributed by atoms with Gasteiger partial charge in [0.2, 0.25) is 0 Å². The zero-order valence-electron chi connectivity index (χ0n) is 12.5. The van der Waals surface area contributed by atoms with Crippen LogP contribution in [0.25, 0.3) is 10.9 Å². The molecule has 0 unspecified atom stereocenters. The molecule has 112 valence electrons. The number of aromatic carboxylic acids is 1. The number of nitrogens with zero attached hydrogens (tertiary/aromatic N) is 3. The van der Waals surface area contributed by atoms with Crippen LogP contribution in [0.4, 0.5) is 0 Å². The van der Waals surface area contributed by atoms with Crippen molar-refractivity contribution in [3.05, 3.63) is 29.5 Å². The number of carboxylic acids is 1. The minimum Gasteiger partial charge on any atom is -0.478 e. The number of hydrogen-bond donors (Lipinski definition) is 1. The van der Waals surface area contributed by atoms with Crippen molar-refractivity contribution in [2.45, 2.75) is 19.3 Å². The van der Waals surface area contributed by atoms with Gasteiger partial charge in [-0.05, 0) is 63.5 Å². The topological polar surface area (TPSA) is 58.4 Å². The van der Waals surface area contributed by atoms with E-state index in [2.05, 4.69) is 17.0 Å². The molecule has 0 spiro atoms. The number of fused-ring (bicyclic) bond motifs is 1. The summed E-state index contributed by atoms with van der Waals surface area (Å²) in [7, 11) is 4.08. The van der Waals surface area contributed by atoms with Gasteiger partial charge in [0.05, 0.1) is 16.8 Å². The molecule has 0 radical (unpaired) electrons. The van der Waals surface area contributed by atoms with E-state index in [0.29, 0.717) is 11.5 Å². The van der Waals surface area contributed by atoms with E-state index in [1.165, 1.54) is 12.8 Å². The van der Waals surface area contributed by atoms with Crippen molar-refractivity contribution in [2.24, 2.45) is 13.0 Å². The highest BCUT2D eigenvalue weighted by molar-refractivity contribution is 5.94. The number of carboxylic acid groups (broad SMARTS) is 1. The molecule has 1 fully saturated rings. The number of aryl methyl sites for hydroxylation is 1. The Morgan fingerprint density at radius 2 is 2.05 bits per heavy atom. The van der Waals surface area contributed by atoms with Crippen LogP contribution >= 0.6 is 0 Å². The summed E-state index contributed by atoms with van der Waals surface area (Å²) in [6.07, 6.45) is 3.31. The maximum atomic E-state index is 11.2. The molecule has 0 aliphatic carbocycles. The van der Waals surface area contributed by atoms with Crippen molar-refractivity contribution >= 4 is 16.9 Å².